The lowest BCUT2D eigenvalue weighted by molar-refractivity contribution is -0.288. The first-order valence-electron chi connectivity index (χ1n) is 18.6. The lowest BCUT2D eigenvalue weighted by atomic mass is 9.73. The number of hydrogen-bond donors (Lipinski definition) is 1. The average Bonchev–Trinajstić information content (AvgIpc) is 3.66. The summed E-state index contributed by atoms with van der Waals surface area (Å²) in [5.74, 6) is -3.34. The Bertz CT molecular complexity index is 2790. The molecule has 6 aromatic rings. The molecule has 2 heterocycles. The van der Waals surface area contributed by atoms with Crippen LogP contribution in [-0.4, -0.2) is 42.2 Å². The van der Waals surface area contributed by atoms with Crippen molar-refractivity contribution in [3.8, 4) is 23.0 Å². The fourth-order valence-corrected chi connectivity index (χ4v) is 7.71. The maximum absolute atomic E-state index is 14.9. The summed E-state index contributed by atoms with van der Waals surface area (Å²) in [6.07, 6.45) is -16.7. The summed E-state index contributed by atoms with van der Waals surface area (Å²) in [5, 5.41) is 2.02. The highest BCUT2D eigenvalue weighted by molar-refractivity contribution is 6.34. The molecule has 0 spiro atoms. The molecule has 0 saturated carbocycles. The van der Waals surface area contributed by atoms with E-state index in [4.69, 9.17) is 9.47 Å². The normalized spacial score (nSPS) is 15.2. The number of benzene rings is 6. The highest BCUT2D eigenvalue weighted by Gasteiger charge is 2.72. The van der Waals surface area contributed by atoms with Crippen LogP contribution in [0, 0.1) is 0 Å². The quantitative estimate of drug-likeness (QED) is 0.115. The first-order valence-corrected chi connectivity index (χ1v) is 18.6. The summed E-state index contributed by atoms with van der Waals surface area (Å²) >= 11 is 0. The summed E-state index contributed by atoms with van der Waals surface area (Å²) in [5.41, 5.74) is -11.3. The van der Waals surface area contributed by atoms with Crippen molar-refractivity contribution < 1.29 is 68.2 Å². The van der Waals surface area contributed by atoms with Gasteiger partial charge in [-0.1, -0.05) is 54.6 Å². The second-order valence-corrected chi connectivity index (χ2v) is 14.7. The van der Waals surface area contributed by atoms with Crippen LogP contribution in [0.15, 0.2) is 140 Å². The van der Waals surface area contributed by atoms with E-state index in [0.29, 0.717) is 34.9 Å². The maximum Gasteiger partial charge on any atom is 0.411 e. The molecule has 0 bridgehead atoms. The van der Waals surface area contributed by atoms with Crippen molar-refractivity contribution in [2.24, 2.45) is 0 Å². The fourth-order valence-electron chi connectivity index (χ4n) is 7.71. The van der Waals surface area contributed by atoms with Crippen LogP contribution in [0.4, 0.5) is 45.2 Å². The summed E-state index contributed by atoms with van der Waals surface area (Å²) < 4.78 is 145. The van der Waals surface area contributed by atoms with E-state index in [-0.39, 0.29) is 45.2 Å². The summed E-state index contributed by atoms with van der Waals surface area (Å²) in [6, 6.07) is 25.7. The molecule has 8 nitrogen and oxygen atoms in total. The largest absolute Gasteiger partial charge is 0.457 e. The molecule has 0 aromatic heterocycles. The number of anilines is 1. The zero-order chi connectivity index (χ0) is 45.3. The Morgan fingerprint density at radius 2 is 0.825 bits per heavy atom. The topological polar surface area (TPSA) is 102 Å². The number of hydrogen-bond acceptors (Lipinski definition) is 6. The number of imide groups is 2. The highest BCUT2D eigenvalue weighted by atomic mass is 19.4. The molecule has 63 heavy (non-hydrogen) atoms. The molecular formula is C46H27F9N2O6. The molecule has 1 N–H and O–H groups in total. The number of carbonyl (C=O) groups excluding carboxylic acids is 4. The van der Waals surface area contributed by atoms with Gasteiger partial charge in [-0.05, 0) is 114 Å². The van der Waals surface area contributed by atoms with Crippen molar-refractivity contribution in [3.05, 3.63) is 184 Å². The number of halogens is 9. The zero-order valence-corrected chi connectivity index (χ0v) is 32.1. The lowest BCUT2D eigenvalue weighted by Crippen LogP contribution is -2.54. The predicted octanol–water partition coefficient (Wildman–Crippen LogP) is 11.2. The Morgan fingerprint density at radius 3 is 1.30 bits per heavy atom. The third-order valence-electron chi connectivity index (χ3n) is 11.1. The van der Waals surface area contributed by atoms with E-state index in [2.05, 4.69) is 0 Å². The van der Waals surface area contributed by atoms with Crippen molar-refractivity contribution >= 4 is 29.3 Å². The van der Waals surface area contributed by atoms with E-state index in [1.165, 1.54) is 24.3 Å². The number of amides is 4. The van der Waals surface area contributed by atoms with Crippen molar-refractivity contribution in [1.29, 1.82) is 0 Å². The lowest BCUT2D eigenvalue weighted by Gasteiger charge is -2.38. The molecular weight excluding hydrogens is 847 g/mol. The van der Waals surface area contributed by atoms with Gasteiger partial charge in [0.1, 0.15) is 28.4 Å². The average molecular weight is 875 g/mol. The number of nitrogens with one attached hydrogen (secondary N) is 1. The van der Waals surface area contributed by atoms with Crippen LogP contribution in [0.5, 0.6) is 23.0 Å². The smallest absolute Gasteiger partial charge is 0.411 e. The third-order valence-corrected chi connectivity index (χ3v) is 11.1. The van der Waals surface area contributed by atoms with Crippen LogP contribution in [-0.2, 0) is 10.8 Å². The number of alkyl halides is 9. The van der Waals surface area contributed by atoms with Crippen molar-refractivity contribution in [1.82, 2.24) is 5.32 Å². The van der Waals surface area contributed by atoms with Crippen LogP contribution in [0.3, 0.4) is 0 Å². The van der Waals surface area contributed by atoms with Gasteiger partial charge in [0.25, 0.3) is 23.6 Å². The van der Waals surface area contributed by atoms with Crippen LogP contribution in [0.1, 0.15) is 70.6 Å². The molecule has 0 fully saturated rings. The minimum Gasteiger partial charge on any atom is -0.457 e. The molecule has 1 unspecified atom stereocenters. The van der Waals surface area contributed by atoms with E-state index in [9.17, 15) is 58.7 Å². The van der Waals surface area contributed by atoms with Crippen LogP contribution in [0.2, 0.25) is 0 Å². The predicted molar refractivity (Wildman–Crippen MR) is 207 cm³/mol. The van der Waals surface area contributed by atoms with Crippen molar-refractivity contribution in [2.45, 2.75) is 36.3 Å². The molecule has 8 rings (SSSR count). The fraction of sp³-hybridized carbons (Fsp3) is 0.130. The maximum atomic E-state index is 14.9. The third kappa shape index (κ3) is 6.93. The second kappa shape index (κ2) is 14.9. The van der Waals surface area contributed by atoms with Gasteiger partial charge < -0.3 is 9.47 Å². The Hall–Kier alpha value is -7.43. The molecule has 17 heteroatoms. The van der Waals surface area contributed by atoms with E-state index < -0.39 is 75.2 Å². The second-order valence-electron chi connectivity index (χ2n) is 14.7. The minimum absolute atomic E-state index is 0.00421. The molecule has 0 radical (unpaired) electrons. The number of ether oxygens (including phenoxy) is 2. The van der Waals surface area contributed by atoms with E-state index in [1.54, 1.807) is 30.3 Å². The van der Waals surface area contributed by atoms with Crippen molar-refractivity contribution in [2.75, 3.05) is 4.90 Å². The zero-order valence-electron chi connectivity index (χ0n) is 32.1. The highest BCUT2D eigenvalue weighted by Crippen LogP contribution is 2.57. The molecule has 0 saturated heterocycles. The monoisotopic (exact) mass is 874 g/mol. The Morgan fingerprint density at radius 1 is 0.429 bits per heavy atom. The van der Waals surface area contributed by atoms with Gasteiger partial charge in [-0.3, -0.25) is 24.5 Å². The van der Waals surface area contributed by atoms with Gasteiger partial charge in [0, 0.05) is 0 Å². The Kier molecular flexibility index (Phi) is 9.99. The van der Waals surface area contributed by atoms with Crippen LogP contribution in [0.25, 0.3) is 0 Å². The first kappa shape index (κ1) is 42.3. The van der Waals surface area contributed by atoms with Crippen molar-refractivity contribution in [3.63, 3.8) is 0 Å². The number of rotatable bonds is 9. The molecule has 0 aliphatic carbocycles. The van der Waals surface area contributed by atoms with Gasteiger partial charge in [-0.25, -0.2) is 4.90 Å². The summed E-state index contributed by atoms with van der Waals surface area (Å²) in [6.45, 7) is 0.834. The molecule has 320 valence electrons. The minimum atomic E-state index is -5.86. The first-order chi connectivity index (χ1) is 29.6. The molecule has 1 atom stereocenters. The molecule has 2 aliphatic heterocycles. The van der Waals surface area contributed by atoms with Gasteiger partial charge in [0.2, 0.25) is 5.41 Å². The number of carbonyl (C=O) groups is 4. The molecule has 6 aromatic carbocycles. The Balaban J connectivity index is 1.03. The standard InChI is InChI=1S/C46H27F9N2O6/c1-42(44(47,48)49,27-11-21-34-36(23-27)39(59)56-38(34)58)28-12-22-35-37(24-28)41(61)57(40(35)60)29-13-19-33(20-14-29)63-32-17-9-26(10-18-32)43(45(50,51)52,46(53,54)55)25-7-15-31(16-8-25)62-30-5-3-2-4-6-30/h2-24H,1H3,(H,56,58,59). The number of fused-ring (bicyclic) bond motifs is 2. The van der Waals surface area contributed by atoms with Gasteiger partial charge in [-0.15, -0.1) is 0 Å². The van der Waals surface area contributed by atoms with E-state index >= 15 is 0 Å². The SMILES string of the molecule is CC(c1ccc2c(c1)C(=O)NC2=O)(c1ccc2c(c1)C(=O)N(c1ccc(Oc3ccc(C(c4ccc(Oc5ccccc5)cc4)(C(F)(F)F)C(F)(F)F)cc3)cc1)C2=O)C(F)(F)F. The molecule has 4 amide bonds. The summed E-state index contributed by atoms with van der Waals surface area (Å²) in [4.78, 5) is 52.1. The van der Waals surface area contributed by atoms with E-state index in [0.717, 1.165) is 67.6 Å². The summed E-state index contributed by atoms with van der Waals surface area (Å²) in [7, 11) is 0. The van der Waals surface area contributed by atoms with Gasteiger partial charge >= 0.3 is 18.5 Å². The number of nitrogens with zero attached hydrogens (tertiary/aromatic N) is 1. The molecule has 2 aliphatic rings. The van der Waals surface area contributed by atoms with Gasteiger partial charge in [-0.2, -0.15) is 39.5 Å². The number of para-hydroxylation sites is 1. The van der Waals surface area contributed by atoms with Crippen LogP contribution >= 0.6 is 0 Å². The Labute approximate surface area is 350 Å². The van der Waals surface area contributed by atoms with E-state index in [1.807, 2.05) is 5.32 Å². The van der Waals surface area contributed by atoms with Gasteiger partial charge in [0.15, 0.2) is 0 Å². The van der Waals surface area contributed by atoms with Gasteiger partial charge in [0.05, 0.1) is 27.9 Å². The van der Waals surface area contributed by atoms with Crippen LogP contribution < -0.4 is 19.7 Å².